The van der Waals surface area contributed by atoms with Crippen LogP contribution in [0, 0.1) is 5.92 Å². The zero-order chi connectivity index (χ0) is 14.4. The van der Waals surface area contributed by atoms with Gasteiger partial charge in [-0.3, -0.25) is 4.79 Å². The van der Waals surface area contributed by atoms with E-state index in [1.54, 1.807) is 6.92 Å². The minimum Gasteiger partial charge on any atom is -0.487 e. The van der Waals surface area contributed by atoms with Crippen molar-refractivity contribution >= 4 is 5.97 Å². The van der Waals surface area contributed by atoms with Gasteiger partial charge in [0, 0.05) is 0 Å². The maximum atomic E-state index is 11.6. The number of rotatable bonds is 6. The molecule has 0 spiro atoms. The van der Waals surface area contributed by atoms with Crippen molar-refractivity contribution in [2.75, 3.05) is 0 Å². The molecule has 0 aliphatic rings. The van der Waals surface area contributed by atoms with Gasteiger partial charge in [-0.25, -0.2) is 0 Å². The molecule has 0 amide bonds. The summed E-state index contributed by atoms with van der Waals surface area (Å²) in [4.78, 5) is 11.6. The van der Waals surface area contributed by atoms with Gasteiger partial charge in [0.1, 0.15) is 24.0 Å². The Morgan fingerprint density at radius 1 is 1.11 bits per heavy atom. The van der Waals surface area contributed by atoms with Gasteiger partial charge in [-0.15, -0.1) is 0 Å². The normalized spacial score (nSPS) is 15.7. The van der Waals surface area contributed by atoms with Crippen LogP contribution in [-0.2, 0) is 9.53 Å². The molecule has 0 aliphatic heterocycles. The van der Waals surface area contributed by atoms with E-state index in [2.05, 4.69) is 0 Å². The van der Waals surface area contributed by atoms with Gasteiger partial charge in [-0.05, 0) is 31.9 Å². The fourth-order valence-corrected chi connectivity index (χ4v) is 1.80. The number of hydrogen-bond acceptors (Lipinski definition) is 4. The van der Waals surface area contributed by atoms with E-state index in [1.165, 1.54) is 0 Å². The van der Waals surface area contributed by atoms with Gasteiger partial charge in [0.05, 0.1) is 0 Å². The van der Waals surface area contributed by atoms with Crippen LogP contribution in [0.3, 0.4) is 0 Å². The van der Waals surface area contributed by atoms with Gasteiger partial charge in [-0.2, -0.15) is 0 Å². The predicted octanol–water partition coefficient (Wildman–Crippen LogP) is 2.37. The summed E-state index contributed by atoms with van der Waals surface area (Å²) < 4.78 is 11.2. The van der Waals surface area contributed by atoms with Gasteiger partial charge >= 0.3 is 5.97 Å². The standard InChI is InChI=1S/C15H23NO3/c1-10(2)14(19-15(17)11(3)16)12(4)18-13-8-6-5-7-9-13/h5-12,14H,16H2,1-4H3/t11-,12-,14?/m0/s1. The number of benzene rings is 1. The first-order chi connectivity index (χ1) is 8.91. The average molecular weight is 265 g/mol. The van der Waals surface area contributed by atoms with Crippen LogP contribution in [0.25, 0.3) is 0 Å². The first-order valence-corrected chi connectivity index (χ1v) is 6.59. The maximum absolute atomic E-state index is 11.6. The van der Waals surface area contributed by atoms with Crippen LogP contribution in [0.2, 0.25) is 0 Å². The van der Waals surface area contributed by atoms with Crippen LogP contribution >= 0.6 is 0 Å². The summed E-state index contributed by atoms with van der Waals surface area (Å²) in [5.74, 6) is 0.515. The average Bonchev–Trinajstić information content (AvgIpc) is 2.36. The van der Waals surface area contributed by atoms with E-state index in [0.717, 1.165) is 5.75 Å². The Morgan fingerprint density at radius 3 is 2.16 bits per heavy atom. The molecule has 4 nitrogen and oxygen atoms in total. The van der Waals surface area contributed by atoms with Gasteiger partial charge in [0.15, 0.2) is 0 Å². The zero-order valence-electron chi connectivity index (χ0n) is 12.0. The molecule has 0 saturated carbocycles. The summed E-state index contributed by atoms with van der Waals surface area (Å²) >= 11 is 0. The molecule has 1 aromatic rings. The van der Waals surface area contributed by atoms with Crippen LogP contribution in [-0.4, -0.2) is 24.2 Å². The lowest BCUT2D eigenvalue weighted by Gasteiger charge is -2.28. The molecule has 19 heavy (non-hydrogen) atoms. The van der Waals surface area contributed by atoms with Gasteiger partial charge in [0.2, 0.25) is 0 Å². The molecule has 1 aromatic carbocycles. The van der Waals surface area contributed by atoms with E-state index >= 15 is 0 Å². The molecular weight excluding hydrogens is 242 g/mol. The summed E-state index contributed by atoms with van der Waals surface area (Å²) in [7, 11) is 0. The minimum absolute atomic E-state index is 0.154. The summed E-state index contributed by atoms with van der Waals surface area (Å²) in [6.45, 7) is 7.49. The SMILES string of the molecule is CC(C)C(OC(=O)[C@H](C)N)[C@H](C)Oc1ccccc1. The number of nitrogens with two attached hydrogens (primary N) is 1. The molecule has 3 atom stereocenters. The van der Waals surface area contributed by atoms with Crippen LogP contribution in [0.4, 0.5) is 0 Å². The van der Waals surface area contributed by atoms with Crippen molar-refractivity contribution in [3.8, 4) is 5.75 Å². The van der Waals surface area contributed by atoms with Crippen molar-refractivity contribution in [2.24, 2.45) is 11.7 Å². The molecular formula is C15H23NO3. The quantitative estimate of drug-likeness (QED) is 0.802. The largest absolute Gasteiger partial charge is 0.487 e. The second-order valence-corrected chi connectivity index (χ2v) is 5.07. The number of esters is 1. The lowest BCUT2D eigenvalue weighted by molar-refractivity contribution is -0.157. The highest BCUT2D eigenvalue weighted by Crippen LogP contribution is 2.18. The first kappa shape index (κ1) is 15.5. The van der Waals surface area contributed by atoms with Crippen molar-refractivity contribution in [2.45, 2.75) is 45.9 Å². The smallest absolute Gasteiger partial charge is 0.323 e. The van der Waals surface area contributed by atoms with E-state index in [-0.39, 0.29) is 18.1 Å². The van der Waals surface area contributed by atoms with Gasteiger partial charge < -0.3 is 15.2 Å². The molecule has 106 valence electrons. The molecule has 0 bridgehead atoms. The van der Waals surface area contributed by atoms with E-state index in [9.17, 15) is 4.79 Å². The molecule has 0 fully saturated rings. The minimum atomic E-state index is -0.620. The molecule has 0 aromatic heterocycles. The zero-order valence-corrected chi connectivity index (χ0v) is 12.0. The van der Waals surface area contributed by atoms with Gasteiger partial charge in [-0.1, -0.05) is 32.0 Å². The van der Waals surface area contributed by atoms with Crippen molar-refractivity contribution in [3.63, 3.8) is 0 Å². The highest BCUT2D eigenvalue weighted by atomic mass is 16.6. The van der Waals surface area contributed by atoms with E-state index < -0.39 is 12.0 Å². The summed E-state index contributed by atoms with van der Waals surface area (Å²) in [6, 6.07) is 8.86. The third-order valence-electron chi connectivity index (χ3n) is 2.81. The number of para-hydroxylation sites is 1. The predicted molar refractivity (Wildman–Crippen MR) is 74.9 cm³/mol. The van der Waals surface area contributed by atoms with Gasteiger partial charge in [0.25, 0.3) is 0 Å². The Kier molecular flexibility index (Phi) is 5.83. The fraction of sp³-hybridized carbons (Fsp3) is 0.533. The summed E-state index contributed by atoms with van der Waals surface area (Å²) in [5, 5.41) is 0. The second kappa shape index (κ2) is 7.14. The molecule has 0 aliphatic carbocycles. The molecule has 0 heterocycles. The third-order valence-corrected chi connectivity index (χ3v) is 2.81. The molecule has 0 saturated heterocycles. The van der Waals surface area contributed by atoms with E-state index in [0.29, 0.717) is 0 Å². The molecule has 1 unspecified atom stereocenters. The maximum Gasteiger partial charge on any atom is 0.323 e. The van der Waals surface area contributed by atoms with Crippen molar-refractivity contribution in [1.29, 1.82) is 0 Å². The summed E-state index contributed by atoms with van der Waals surface area (Å²) in [5.41, 5.74) is 5.52. The Balaban J connectivity index is 2.68. The third kappa shape index (κ3) is 4.91. The number of ether oxygens (including phenoxy) is 2. The molecule has 2 N–H and O–H groups in total. The van der Waals surface area contributed by atoms with Crippen molar-refractivity contribution in [1.82, 2.24) is 0 Å². The number of carbonyl (C=O) groups excluding carboxylic acids is 1. The molecule has 0 radical (unpaired) electrons. The Hall–Kier alpha value is -1.55. The Morgan fingerprint density at radius 2 is 1.68 bits per heavy atom. The first-order valence-electron chi connectivity index (χ1n) is 6.59. The lowest BCUT2D eigenvalue weighted by atomic mass is 10.0. The van der Waals surface area contributed by atoms with E-state index in [4.69, 9.17) is 15.2 Å². The summed E-state index contributed by atoms with van der Waals surface area (Å²) in [6.07, 6.45) is -0.552. The van der Waals surface area contributed by atoms with Crippen molar-refractivity contribution in [3.05, 3.63) is 30.3 Å². The Labute approximate surface area is 114 Å². The highest BCUT2D eigenvalue weighted by Gasteiger charge is 2.27. The number of hydrogen-bond donors (Lipinski definition) is 1. The number of carbonyl (C=O) groups is 1. The van der Waals surface area contributed by atoms with Crippen LogP contribution in [0.15, 0.2) is 30.3 Å². The molecule has 1 rings (SSSR count). The second-order valence-electron chi connectivity index (χ2n) is 5.07. The van der Waals surface area contributed by atoms with Crippen LogP contribution < -0.4 is 10.5 Å². The van der Waals surface area contributed by atoms with Crippen LogP contribution in [0.1, 0.15) is 27.7 Å². The van der Waals surface area contributed by atoms with E-state index in [1.807, 2.05) is 51.1 Å². The van der Waals surface area contributed by atoms with Crippen molar-refractivity contribution < 1.29 is 14.3 Å². The highest BCUT2D eigenvalue weighted by molar-refractivity contribution is 5.75. The monoisotopic (exact) mass is 265 g/mol. The van der Waals surface area contributed by atoms with Crippen LogP contribution in [0.5, 0.6) is 5.75 Å². The topological polar surface area (TPSA) is 61.5 Å². The fourth-order valence-electron chi connectivity index (χ4n) is 1.80. The molecule has 4 heteroatoms. The Bertz CT molecular complexity index is 390. The lowest BCUT2D eigenvalue weighted by Crippen LogP contribution is -2.41.